The summed E-state index contributed by atoms with van der Waals surface area (Å²) >= 11 is 0. The van der Waals surface area contributed by atoms with Gasteiger partial charge in [0.1, 0.15) is 11.2 Å². The third kappa shape index (κ3) is 2.43. The van der Waals surface area contributed by atoms with Crippen molar-refractivity contribution in [1.82, 2.24) is 4.98 Å². The Morgan fingerprint density at radius 2 is 1.64 bits per heavy atom. The number of anilines is 2. The predicted octanol–water partition coefficient (Wildman–Crippen LogP) is -0.234. The number of nitrogens with zero attached hydrogens (tertiary/aromatic N) is 3. The molecule has 0 atom stereocenters. The summed E-state index contributed by atoms with van der Waals surface area (Å²) in [7, 11) is 0. The molecule has 0 bridgehead atoms. The maximum Gasteiger partial charge on any atom is 0.333 e. The largest absolute Gasteiger partial charge is 0.504 e. The van der Waals surface area contributed by atoms with Crippen LogP contribution in [0.15, 0.2) is 18.2 Å². The number of pyridine rings is 1. The summed E-state index contributed by atoms with van der Waals surface area (Å²) in [5.41, 5.74) is 10.9. The zero-order chi connectivity index (χ0) is 16.6. The molecule has 1 heterocycles. The van der Waals surface area contributed by atoms with Gasteiger partial charge in [0.15, 0.2) is 5.75 Å². The first kappa shape index (κ1) is 15.3. The van der Waals surface area contributed by atoms with Crippen LogP contribution in [0.4, 0.5) is 21.0 Å². The predicted molar refractivity (Wildman–Crippen MR) is 80.6 cm³/mol. The number of hydrogen-bond donors (Lipinski definition) is 5. The molecule has 2 rings (SSSR count). The highest BCUT2D eigenvalue weighted by atomic mass is 16.3. The third-order valence-electron chi connectivity index (χ3n) is 3.04. The van der Waals surface area contributed by atoms with E-state index < -0.39 is 12.1 Å². The summed E-state index contributed by atoms with van der Waals surface area (Å²) in [4.78, 5) is 26.7. The Kier molecular flexibility index (Phi) is 3.72. The molecule has 0 saturated carbocycles. The smallest absolute Gasteiger partial charge is 0.333 e. The van der Waals surface area contributed by atoms with Gasteiger partial charge < -0.3 is 16.6 Å². The summed E-state index contributed by atoms with van der Waals surface area (Å²) in [5, 5.41) is 11.8. The molecule has 4 amide bonds. The molecule has 0 radical (unpaired) electrons. The number of amides is 4. The number of aryl methyl sites for hydroxylation is 1. The van der Waals surface area contributed by atoms with Crippen LogP contribution >= 0.6 is 0 Å². The van der Waals surface area contributed by atoms with Crippen LogP contribution in [0, 0.1) is 6.92 Å². The van der Waals surface area contributed by atoms with Gasteiger partial charge in [-0.3, -0.25) is 0 Å². The van der Waals surface area contributed by atoms with E-state index in [9.17, 15) is 14.7 Å². The number of aromatic hydroxyl groups is 1. The first-order valence-electron chi connectivity index (χ1n) is 6.06. The SMILES string of the molecule is Cc1ccc2c(N(N)C(N)=O)cc(N(N)C(N)=O)c(O)c2n1. The molecule has 0 fully saturated rings. The first-order chi connectivity index (χ1) is 10.2. The van der Waals surface area contributed by atoms with Crippen molar-refractivity contribution in [2.75, 3.05) is 10.0 Å². The number of nitrogens with two attached hydrogens (primary N) is 4. The molecule has 2 aromatic rings. The van der Waals surface area contributed by atoms with Crippen LogP contribution in [0.25, 0.3) is 10.9 Å². The normalized spacial score (nSPS) is 10.5. The summed E-state index contributed by atoms with van der Waals surface area (Å²) in [6.45, 7) is 1.70. The van der Waals surface area contributed by atoms with E-state index in [0.29, 0.717) is 21.1 Å². The number of carbonyl (C=O) groups excluding carboxylic acids is 2. The van der Waals surface area contributed by atoms with E-state index in [1.54, 1.807) is 19.1 Å². The van der Waals surface area contributed by atoms with E-state index >= 15 is 0 Å². The average molecular weight is 305 g/mol. The van der Waals surface area contributed by atoms with Crippen molar-refractivity contribution in [1.29, 1.82) is 0 Å². The van der Waals surface area contributed by atoms with E-state index in [1.807, 2.05) is 0 Å². The van der Waals surface area contributed by atoms with E-state index in [-0.39, 0.29) is 22.6 Å². The second-order valence-corrected chi connectivity index (χ2v) is 4.53. The number of hydrogen-bond acceptors (Lipinski definition) is 6. The van der Waals surface area contributed by atoms with Crippen LogP contribution in [0.3, 0.4) is 0 Å². The van der Waals surface area contributed by atoms with Crippen LogP contribution in [-0.4, -0.2) is 22.2 Å². The molecule has 9 N–H and O–H groups in total. The molecule has 0 spiro atoms. The van der Waals surface area contributed by atoms with Gasteiger partial charge in [-0.2, -0.15) is 0 Å². The minimum atomic E-state index is -1.02. The minimum absolute atomic E-state index is 0.0981. The third-order valence-corrected chi connectivity index (χ3v) is 3.04. The Bertz CT molecular complexity index is 777. The highest BCUT2D eigenvalue weighted by Crippen LogP contribution is 2.39. The number of rotatable bonds is 2. The van der Waals surface area contributed by atoms with Crippen molar-refractivity contribution in [2.24, 2.45) is 23.2 Å². The average Bonchev–Trinajstić information content (AvgIpc) is 2.46. The number of carbonyl (C=O) groups is 2. The Morgan fingerprint density at radius 1 is 1.09 bits per heavy atom. The molecular formula is C12H15N7O3. The number of hydrazine groups is 2. The second-order valence-electron chi connectivity index (χ2n) is 4.53. The van der Waals surface area contributed by atoms with Crippen molar-refractivity contribution in [3.63, 3.8) is 0 Å². The van der Waals surface area contributed by atoms with Crippen molar-refractivity contribution < 1.29 is 14.7 Å². The highest BCUT2D eigenvalue weighted by molar-refractivity contribution is 6.07. The zero-order valence-electron chi connectivity index (χ0n) is 11.6. The molecule has 0 aliphatic rings. The summed E-state index contributed by atoms with van der Waals surface area (Å²) < 4.78 is 0. The van der Waals surface area contributed by atoms with E-state index in [4.69, 9.17) is 23.2 Å². The Morgan fingerprint density at radius 3 is 2.18 bits per heavy atom. The lowest BCUT2D eigenvalue weighted by atomic mass is 10.1. The lowest BCUT2D eigenvalue weighted by Gasteiger charge is -2.21. The lowest BCUT2D eigenvalue weighted by molar-refractivity contribution is 0.253. The number of urea groups is 2. The monoisotopic (exact) mass is 305 g/mol. The van der Waals surface area contributed by atoms with Gasteiger partial charge in [0, 0.05) is 11.1 Å². The molecule has 116 valence electrons. The molecule has 0 unspecified atom stereocenters. The van der Waals surface area contributed by atoms with Gasteiger partial charge in [0.05, 0.1) is 5.69 Å². The number of fused-ring (bicyclic) bond motifs is 1. The van der Waals surface area contributed by atoms with Crippen molar-refractivity contribution >= 4 is 34.3 Å². The van der Waals surface area contributed by atoms with Crippen molar-refractivity contribution in [2.45, 2.75) is 6.92 Å². The van der Waals surface area contributed by atoms with Gasteiger partial charge in [-0.25, -0.2) is 36.3 Å². The fourth-order valence-electron chi connectivity index (χ4n) is 1.96. The number of phenols is 1. The number of primary amides is 2. The molecule has 22 heavy (non-hydrogen) atoms. The summed E-state index contributed by atoms with van der Waals surface area (Å²) in [5.74, 6) is 10.7. The maximum absolute atomic E-state index is 11.3. The fourth-order valence-corrected chi connectivity index (χ4v) is 1.96. The van der Waals surface area contributed by atoms with E-state index in [0.717, 1.165) is 0 Å². The molecule has 1 aromatic heterocycles. The molecule has 0 saturated heterocycles. The number of phenolic OH excluding ortho intramolecular Hbond substituents is 1. The minimum Gasteiger partial charge on any atom is -0.504 e. The van der Waals surface area contributed by atoms with Crippen LogP contribution in [0.2, 0.25) is 0 Å². The Balaban J connectivity index is 2.85. The Hall–Kier alpha value is -3.11. The molecule has 0 aliphatic carbocycles. The molecule has 10 heteroatoms. The second kappa shape index (κ2) is 5.35. The van der Waals surface area contributed by atoms with E-state index in [2.05, 4.69) is 4.98 Å². The molecule has 1 aromatic carbocycles. The highest BCUT2D eigenvalue weighted by Gasteiger charge is 2.22. The van der Waals surface area contributed by atoms with Crippen LogP contribution in [0.1, 0.15) is 5.69 Å². The number of benzene rings is 1. The van der Waals surface area contributed by atoms with Crippen molar-refractivity contribution in [3.8, 4) is 5.75 Å². The Labute approximate surface area is 124 Å². The topological polar surface area (TPSA) is 178 Å². The lowest BCUT2D eigenvalue weighted by Crippen LogP contribution is -2.43. The van der Waals surface area contributed by atoms with Crippen LogP contribution in [-0.2, 0) is 0 Å². The van der Waals surface area contributed by atoms with E-state index in [1.165, 1.54) is 6.07 Å². The molecule has 0 aliphatic heterocycles. The van der Waals surface area contributed by atoms with Gasteiger partial charge in [0.25, 0.3) is 0 Å². The quantitative estimate of drug-likeness (QED) is 0.290. The zero-order valence-corrected chi connectivity index (χ0v) is 11.6. The van der Waals surface area contributed by atoms with Gasteiger partial charge in [-0.1, -0.05) is 0 Å². The van der Waals surface area contributed by atoms with Crippen molar-refractivity contribution in [3.05, 3.63) is 23.9 Å². The molecule has 10 nitrogen and oxygen atoms in total. The van der Waals surface area contributed by atoms with Gasteiger partial charge in [0.2, 0.25) is 0 Å². The summed E-state index contributed by atoms with van der Waals surface area (Å²) in [6, 6.07) is 2.51. The van der Waals surface area contributed by atoms with Gasteiger partial charge in [-0.15, -0.1) is 0 Å². The maximum atomic E-state index is 11.3. The number of aromatic nitrogens is 1. The fraction of sp³-hybridized carbons (Fsp3) is 0.0833. The van der Waals surface area contributed by atoms with Gasteiger partial charge >= 0.3 is 12.1 Å². The summed E-state index contributed by atoms with van der Waals surface area (Å²) in [6.07, 6.45) is 0. The van der Waals surface area contributed by atoms with Crippen LogP contribution < -0.4 is 33.2 Å². The molecular weight excluding hydrogens is 290 g/mol. The first-order valence-corrected chi connectivity index (χ1v) is 6.06. The van der Waals surface area contributed by atoms with Gasteiger partial charge in [-0.05, 0) is 25.1 Å². The van der Waals surface area contributed by atoms with Crippen LogP contribution in [0.5, 0.6) is 5.75 Å². The standard InChI is InChI=1S/C12H15N7O3/c1-5-2-3-6-7(18(15)11(13)21)4-8(19(16)12(14)22)10(20)9(6)17-5/h2-4,20H,15-16H2,1H3,(H2,13,21)(H2,14,22).